The molecule has 0 aliphatic heterocycles. The first-order valence-electron chi connectivity index (χ1n) is 2.87. The van der Waals surface area contributed by atoms with Crippen LogP contribution in [0.15, 0.2) is 35.5 Å². The molecule has 0 aromatic carbocycles. The Morgan fingerprint density at radius 1 is 1.70 bits per heavy atom. The lowest BCUT2D eigenvalue weighted by Crippen LogP contribution is -2.20. The molecule has 0 atom stereocenters. The fourth-order valence-corrected chi connectivity index (χ4v) is 0.736. The third-order valence-corrected chi connectivity index (χ3v) is 1.30. The first kappa shape index (κ1) is 9.27. The van der Waals surface area contributed by atoms with Crippen LogP contribution in [0, 0.1) is 0 Å². The summed E-state index contributed by atoms with van der Waals surface area (Å²) in [7, 11) is 0. The van der Waals surface area contributed by atoms with Gasteiger partial charge in [0.05, 0.1) is 10.7 Å². The summed E-state index contributed by atoms with van der Waals surface area (Å²) in [6.45, 7) is 5.34. The van der Waals surface area contributed by atoms with Gasteiger partial charge < -0.3 is 5.43 Å². The molecular formula is C7H11ClN2. The van der Waals surface area contributed by atoms with E-state index in [1.54, 1.807) is 18.2 Å². The zero-order valence-corrected chi connectivity index (χ0v) is 6.65. The van der Waals surface area contributed by atoms with Crippen molar-refractivity contribution in [2.24, 2.45) is 5.84 Å². The largest absolute Gasteiger partial charge is 0.323 e. The Morgan fingerprint density at radius 2 is 2.30 bits per heavy atom. The van der Waals surface area contributed by atoms with E-state index in [1.165, 1.54) is 0 Å². The zero-order chi connectivity index (χ0) is 7.98. The number of hydrogen-bond donors (Lipinski definition) is 2. The summed E-state index contributed by atoms with van der Waals surface area (Å²) in [5, 5.41) is 0.556. The van der Waals surface area contributed by atoms with Gasteiger partial charge in [-0.05, 0) is 13.0 Å². The van der Waals surface area contributed by atoms with Crippen LogP contribution >= 0.6 is 11.6 Å². The smallest absolute Gasteiger partial charge is 0.0647 e. The minimum Gasteiger partial charge on any atom is -0.323 e. The van der Waals surface area contributed by atoms with Crippen LogP contribution in [0.2, 0.25) is 0 Å². The predicted molar refractivity (Wildman–Crippen MR) is 45.2 cm³/mol. The number of rotatable bonds is 3. The van der Waals surface area contributed by atoms with Crippen molar-refractivity contribution in [2.45, 2.75) is 6.92 Å². The van der Waals surface area contributed by atoms with Crippen LogP contribution in [0.4, 0.5) is 0 Å². The first-order chi connectivity index (χ1) is 4.76. The Labute approximate surface area is 66.0 Å². The van der Waals surface area contributed by atoms with Crippen LogP contribution in [0.3, 0.4) is 0 Å². The van der Waals surface area contributed by atoms with Crippen LogP contribution < -0.4 is 11.3 Å². The van der Waals surface area contributed by atoms with E-state index in [-0.39, 0.29) is 0 Å². The Balaban J connectivity index is 4.30. The highest BCUT2D eigenvalue weighted by Gasteiger charge is 1.94. The first-order valence-corrected chi connectivity index (χ1v) is 3.25. The summed E-state index contributed by atoms with van der Waals surface area (Å²) in [6, 6.07) is 0. The summed E-state index contributed by atoms with van der Waals surface area (Å²) in [4.78, 5) is 0. The molecule has 0 amide bonds. The van der Waals surface area contributed by atoms with Crippen molar-refractivity contribution >= 4 is 11.6 Å². The molecule has 0 heterocycles. The minimum absolute atomic E-state index is 0.556. The van der Waals surface area contributed by atoms with E-state index in [9.17, 15) is 0 Å². The minimum atomic E-state index is 0.556. The van der Waals surface area contributed by atoms with Crippen molar-refractivity contribution in [2.75, 3.05) is 0 Å². The van der Waals surface area contributed by atoms with Crippen molar-refractivity contribution in [3.8, 4) is 0 Å². The van der Waals surface area contributed by atoms with Gasteiger partial charge in [-0.3, -0.25) is 5.84 Å². The van der Waals surface area contributed by atoms with Crippen LogP contribution in [0.1, 0.15) is 6.92 Å². The second-order valence-corrected chi connectivity index (χ2v) is 2.00. The Morgan fingerprint density at radius 3 is 2.60 bits per heavy atom. The Hall–Kier alpha value is -0.730. The molecule has 56 valence electrons. The fourth-order valence-electron chi connectivity index (χ4n) is 0.483. The summed E-state index contributed by atoms with van der Waals surface area (Å²) in [6.07, 6.45) is 5.04. The maximum absolute atomic E-state index is 5.73. The molecule has 0 aliphatic carbocycles. The molecule has 10 heavy (non-hydrogen) atoms. The molecule has 0 aliphatic rings. The molecule has 3 N–H and O–H groups in total. The third-order valence-electron chi connectivity index (χ3n) is 0.966. The highest BCUT2D eigenvalue weighted by atomic mass is 35.5. The van der Waals surface area contributed by atoms with Gasteiger partial charge in [0.2, 0.25) is 0 Å². The number of halogens is 1. The summed E-state index contributed by atoms with van der Waals surface area (Å²) >= 11 is 5.73. The molecular weight excluding hydrogens is 148 g/mol. The number of nitrogens with one attached hydrogen (secondary N) is 1. The van der Waals surface area contributed by atoms with Crippen molar-refractivity contribution in [1.29, 1.82) is 0 Å². The van der Waals surface area contributed by atoms with Gasteiger partial charge in [-0.2, -0.15) is 0 Å². The number of hydrazine groups is 1. The summed E-state index contributed by atoms with van der Waals surface area (Å²) in [5.74, 6) is 5.14. The van der Waals surface area contributed by atoms with Crippen molar-refractivity contribution in [3.63, 3.8) is 0 Å². The van der Waals surface area contributed by atoms with Crippen molar-refractivity contribution in [1.82, 2.24) is 5.43 Å². The summed E-state index contributed by atoms with van der Waals surface area (Å²) < 4.78 is 0. The predicted octanol–water partition coefficient (Wildman–Crippen LogP) is 1.66. The monoisotopic (exact) mass is 158 g/mol. The zero-order valence-electron chi connectivity index (χ0n) is 5.89. The molecule has 0 unspecified atom stereocenters. The third kappa shape index (κ3) is 2.71. The van der Waals surface area contributed by atoms with Crippen molar-refractivity contribution < 1.29 is 0 Å². The Kier molecular flexibility index (Phi) is 4.72. The normalized spacial score (nSPS) is 13.1. The molecule has 0 fully saturated rings. The molecule has 0 bridgehead atoms. The molecule has 0 rings (SSSR count). The topological polar surface area (TPSA) is 38.0 Å². The average Bonchev–Trinajstić information content (AvgIpc) is 1.91. The van der Waals surface area contributed by atoms with Crippen LogP contribution in [-0.4, -0.2) is 0 Å². The van der Waals surface area contributed by atoms with Gasteiger partial charge in [-0.1, -0.05) is 30.3 Å². The van der Waals surface area contributed by atoms with Crippen LogP contribution in [0.5, 0.6) is 0 Å². The van der Waals surface area contributed by atoms with E-state index < -0.39 is 0 Å². The van der Waals surface area contributed by atoms with Gasteiger partial charge in [0, 0.05) is 0 Å². The molecule has 0 saturated heterocycles. The van der Waals surface area contributed by atoms with E-state index in [0.717, 1.165) is 0 Å². The van der Waals surface area contributed by atoms with E-state index in [0.29, 0.717) is 10.7 Å². The van der Waals surface area contributed by atoms with E-state index in [4.69, 9.17) is 17.4 Å². The highest BCUT2D eigenvalue weighted by Crippen LogP contribution is 2.09. The highest BCUT2D eigenvalue weighted by molar-refractivity contribution is 6.32. The quantitative estimate of drug-likeness (QED) is 0.373. The molecule has 0 aromatic rings. The van der Waals surface area contributed by atoms with E-state index in [1.807, 2.05) is 6.92 Å². The maximum atomic E-state index is 5.73. The molecule has 0 aromatic heterocycles. The van der Waals surface area contributed by atoms with Gasteiger partial charge in [0.15, 0.2) is 0 Å². The van der Waals surface area contributed by atoms with Crippen LogP contribution in [-0.2, 0) is 0 Å². The summed E-state index contributed by atoms with van der Waals surface area (Å²) in [5.41, 5.74) is 3.15. The SMILES string of the molecule is C=C/C=C(Cl)\C(=C/C)NN. The van der Waals surface area contributed by atoms with Crippen LogP contribution in [0.25, 0.3) is 0 Å². The lowest BCUT2D eigenvalue weighted by Gasteiger charge is -2.01. The van der Waals surface area contributed by atoms with E-state index in [2.05, 4.69) is 12.0 Å². The van der Waals surface area contributed by atoms with Gasteiger partial charge in [0.25, 0.3) is 0 Å². The maximum Gasteiger partial charge on any atom is 0.0647 e. The molecule has 0 spiro atoms. The molecule has 3 heteroatoms. The Bertz CT molecular complexity index is 170. The van der Waals surface area contributed by atoms with Gasteiger partial charge in [-0.15, -0.1) is 0 Å². The lowest BCUT2D eigenvalue weighted by molar-refractivity contribution is 0.908. The standard InChI is InChI=1S/C7H11ClN2/c1-3-5-6(8)7(4-2)10-9/h3-5,10H,1,9H2,2H3/b6-5+,7-4+. The number of allylic oxidation sites excluding steroid dienone is 4. The second kappa shape index (κ2) is 5.09. The average molecular weight is 159 g/mol. The van der Waals surface area contributed by atoms with Gasteiger partial charge in [0.1, 0.15) is 0 Å². The number of hydrogen-bond acceptors (Lipinski definition) is 2. The molecule has 2 nitrogen and oxygen atoms in total. The second-order valence-electron chi connectivity index (χ2n) is 1.60. The van der Waals surface area contributed by atoms with Crippen molar-refractivity contribution in [3.05, 3.63) is 35.5 Å². The van der Waals surface area contributed by atoms with Gasteiger partial charge >= 0.3 is 0 Å². The van der Waals surface area contributed by atoms with E-state index >= 15 is 0 Å². The molecule has 0 saturated carbocycles. The number of nitrogens with two attached hydrogens (primary N) is 1. The molecule has 0 radical (unpaired) electrons. The lowest BCUT2D eigenvalue weighted by atomic mass is 10.3. The van der Waals surface area contributed by atoms with Gasteiger partial charge in [-0.25, -0.2) is 0 Å². The fraction of sp³-hybridized carbons (Fsp3) is 0.143.